The van der Waals surface area contributed by atoms with Crippen LogP contribution in [0.25, 0.3) is 83.3 Å². The Labute approximate surface area is 271 Å². The molecule has 9 aromatic rings. The van der Waals surface area contributed by atoms with Gasteiger partial charge in [0, 0.05) is 38.4 Å². The van der Waals surface area contributed by atoms with Crippen molar-refractivity contribution in [1.29, 1.82) is 0 Å². The first kappa shape index (κ1) is 26.2. The molecule has 0 N–H and O–H groups in total. The molecule has 0 atom stereocenters. The second kappa shape index (κ2) is 9.51. The molecular formula is C43H29N3O. The SMILES string of the molecule is CC1(C)c2ccccc2-c2c1ccc1c2c2ccccc2n1-c1ccc(-c2nc(-c3ccccc3)c3c(n2)oc2ccccc23)cc1. The third-order valence-corrected chi connectivity index (χ3v) is 10.1. The summed E-state index contributed by atoms with van der Waals surface area (Å²) < 4.78 is 8.67. The van der Waals surface area contributed by atoms with Gasteiger partial charge in [0.15, 0.2) is 5.82 Å². The third-order valence-electron chi connectivity index (χ3n) is 10.1. The summed E-state index contributed by atoms with van der Waals surface area (Å²) in [7, 11) is 0. The highest BCUT2D eigenvalue weighted by atomic mass is 16.3. The molecule has 0 spiro atoms. The Hall–Kier alpha value is -6.00. The normalized spacial score (nSPS) is 13.5. The van der Waals surface area contributed by atoms with Crippen molar-refractivity contribution in [3.8, 4) is 39.5 Å². The summed E-state index contributed by atoms with van der Waals surface area (Å²) >= 11 is 0. The van der Waals surface area contributed by atoms with E-state index in [-0.39, 0.29) is 5.41 Å². The van der Waals surface area contributed by atoms with E-state index in [1.807, 2.05) is 36.4 Å². The van der Waals surface area contributed by atoms with Crippen molar-refractivity contribution >= 4 is 43.9 Å². The lowest BCUT2D eigenvalue weighted by molar-refractivity contribution is 0.653. The van der Waals surface area contributed by atoms with Crippen LogP contribution in [-0.2, 0) is 5.41 Å². The van der Waals surface area contributed by atoms with Crippen LogP contribution in [0.2, 0.25) is 0 Å². The van der Waals surface area contributed by atoms with Crippen molar-refractivity contribution in [1.82, 2.24) is 14.5 Å². The van der Waals surface area contributed by atoms with Gasteiger partial charge in [-0.2, -0.15) is 4.98 Å². The molecule has 1 aliphatic carbocycles. The van der Waals surface area contributed by atoms with Crippen LogP contribution in [0.1, 0.15) is 25.0 Å². The highest BCUT2D eigenvalue weighted by Crippen LogP contribution is 2.53. The maximum absolute atomic E-state index is 6.28. The molecular weight excluding hydrogens is 574 g/mol. The molecule has 222 valence electrons. The Balaban J connectivity index is 1.16. The number of fused-ring (bicyclic) bond motifs is 10. The standard InChI is InChI=1S/C43H29N3O/c1-43(2)32-17-9-6-14-29(32)37-33(43)24-25-35-38(37)30-15-7-10-18-34(30)46(35)28-22-20-27(21-23-28)41-44-40(26-12-4-3-5-13-26)39-31-16-8-11-19-36(31)47-42(39)45-41/h3-25H,1-2H3. The Bertz CT molecular complexity index is 2700. The Kier molecular flexibility index (Phi) is 5.31. The molecule has 0 saturated carbocycles. The Morgan fingerprint density at radius 1 is 0.553 bits per heavy atom. The zero-order chi connectivity index (χ0) is 31.3. The van der Waals surface area contributed by atoms with Gasteiger partial charge in [-0.1, -0.05) is 111 Å². The van der Waals surface area contributed by atoms with Crippen molar-refractivity contribution in [2.75, 3.05) is 0 Å². The van der Waals surface area contributed by atoms with E-state index in [1.165, 1.54) is 44.1 Å². The van der Waals surface area contributed by atoms with Crippen molar-refractivity contribution in [2.24, 2.45) is 0 Å². The minimum atomic E-state index is -0.0511. The number of furan rings is 1. The summed E-state index contributed by atoms with van der Waals surface area (Å²) in [5.74, 6) is 0.640. The highest BCUT2D eigenvalue weighted by Gasteiger charge is 2.37. The second-order valence-corrected chi connectivity index (χ2v) is 13.0. The average Bonchev–Trinajstić information content (AvgIpc) is 3.74. The highest BCUT2D eigenvalue weighted by molar-refractivity contribution is 6.18. The number of rotatable bonds is 3. The predicted octanol–water partition coefficient (Wildman–Crippen LogP) is 11.1. The van der Waals surface area contributed by atoms with Crippen molar-refractivity contribution in [3.63, 3.8) is 0 Å². The third kappa shape index (κ3) is 3.64. The molecule has 4 heteroatoms. The van der Waals surface area contributed by atoms with E-state index in [2.05, 4.69) is 122 Å². The second-order valence-electron chi connectivity index (χ2n) is 13.0. The molecule has 0 bridgehead atoms. The molecule has 3 aromatic heterocycles. The van der Waals surface area contributed by atoms with E-state index in [0.29, 0.717) is 11.5 Å². The van der Waals surface area contributed by atoms with Crippen LogP contribution in [0.15, 0.2) is 144 Å². The number of hydrogen-bond donors (Lipinski definition) is 0. The van der Waals surface area contributed by atoms with Crippen LogP contribution < -0.4 is 0 Å². The quantitative estimate of drug-likeness (QED) is 0.202. The van der Waals surface area contributed by atoms with Gasteiger partial charge in [0.1, 0.15) is 5.58 Å². The minimum Gasteiger partial charge on any atom is -0.438 e. The number of aromatic nitrogens is 3. The number of para-hydroxylation sites is 2. The maximum atomic E-state index is 6.28. The Morgan fingerprint density at radius 2 is 1.28 bits per heavy atom. The van der Waals surface area contributed by atoms with E-state index in [4.69, 9.17) is 14.4 Å². The number of nitrogens with zero attached hydrogens (tertiary/aromatic N) is 3. The van der Waals surface area contributed by atoms with Gasteiger partial charge in [-0.3, -0.25) is 0 Å². The molecule has 47 heavy (non-hydrogen) atoms. The Morgan fingerprint density at radius 3 is 2.13 bits per heavy atom. The van der Waals surface area contributed by atoms with Crippen molar-refractivity contribution in [2.45, 2.75) is 19.3 Å². The summed E-state index contributed by atoms with van der Waals surface area (Å²) in [6.45, 7) is 4.69. The smallest absolute Gasteiger partial charge is 0.231 e. The van der Waals surface area contributed by atoms with Crippen LogP contribution in [-0.4, -0.2) is 14.5 Å². The molecule has 10 rings (SSSR count). The van der Waals surface area contributed by atoms with Gasteiger partial charge in [-0.15, -0.1) is 0 Å². The molecule has 0 unspecified atom stereocenters. The monoisotopic (exact) mass is 603 g/mol. The van der Waals surface area contributed by atoms with Gasteiger partial charge < -0.3 is 8.98 Å². The van der Waals surface area contributed by atoms with Gasteiger partial charge in [0.05, 0.1) is 22.1 Å². The van der Waals surface area contributed by atoms with Crippen LogP contribution in [0.5, 0.6) is 0 Å². The summed E-state index contributed by atoms with van der Waals surface area (Å²) in [6.07, 6.45) is 0. The molecule has 1 aliphatic rings. The lowest BCUT2D eigenvalue weighted by Gasteiger charge is -2.21. The van der Waals surface area contributed by atoms with Gasteiger partial charge in [0.25, 0.3) is 0 Å². The summed E-state index contributed by atoms with van der Waals surface area (Å²) in [4.78, 5) is 10.1. The van der Waals surface area contributed by atoms with E-state index >= 15 is 0 Å². The first-order valence-corrected chi connectivity index (χ1v) is 16.1. The zero-order valence-corrected chi connectivity index (χ0v) is 26.0. The maximum Gasteiger partial charge on any atom is 0.231 e. The molecule has 0 aliphatic heterocycles. The van der Waals surface area contributed by atoms with Crippen LogP contribution in [0, 0.1) is 0 Å². The zero-order valence-electron chi connectivity index (χ0n) is 26.0. The first-order chi connectivity index (χ1) is 23.1. The van der Waals surface area contributed by atoms with Gasteiger partial charge in [-0.25, -0.2) is 4.98 Å². The fourth-order valence-electron chi connectivity index (χ4n) is 7.85. The van der Waals surface area contributed by atoms with Gasteiger partial charge in [-0.05, 0) is 64.7 Å². The molecule has 6 aromatic carbocycles. The van der Waals surface area contributed by atoms with Crippen molar-refractivity contribution < 1.29 is 4.42 Å². The minimum absolute atomic E-state index is 0.0511. The van der Waals surface area contributed by atoms with Crippen LogP contribution >= 0.6 is 0 Å². The average molecular weight is 604 g/mol. The molecule has 0 radical (unpaired) electrons. The largest absolute Gasteiger partial charge is 0.438 e. The van der Waals surface area contributed by atoms with Gasteiger partial charge in [0.2, 0.25) is 5.71 Å². The lowest BCUT2D eigenvalue weighted by atomic mass is 9.82. The van der Waals surface area contributed by atoms with E-state index in [0.717, 1.165) is 38.9 Å². The van der Waals surface area contributed by atoms with Gasteiger partial charge >= 0.3 is 0 Å². The molecule has 4 nitrogen and oxygen atoms in total. The predicted molar refractivity (Wildman–Crippen MR) is 192 cm³/mol. The summed E-state index contributed by atoms with van der Waals surface area (Å²) in [6, 6.07) is 49.3. The van der Waals surface area contributed by atoms with Crippen LogP contribution in [0.3, 0.4) is 0 Å². The number of hydrogen-bond acceptors (Lipinski definition) is 3. The molecule has 0 saturated heterocycles. The fraction of sp³-hybridized carbons (Fsp3) is 0.0698. The van der Waals surface area contributed by atoms with E-state index in [9.17, 15) is 0 Å². The van der Waals surface area contributed by atoms with Crippen LogP contribution in [0.4, 0.5) is 0 Å². The van der Waals surface area contributed by atoms with E-state index < -0.39 is 0 Å². The molecule has 0 fully saturated rings. The van der Waals surface area contributed by atoms with Crippen molar-refractivity contribution in [3.05, 3.63) is 151 Å². The number of benzene rings is 6. The molecule has 3 heterocycles. The summed E-state index contributed by atoms with van der Waals surface area (Å²) in [5.41, 5.74) is 13.2. The van der Waals surface area contributed by atoms with E-state index in [1.54, 1.807) is 0 Å². The molecule has 0 amide bonds. The topological polar surface area (TPSA) is 43.9 Å². The fourth-order valence-corrected chi connectivity index (χ4v) is 7.85. The lowest BCUT2D eigenvalue weighted by Crippen LogP contribution is -2.14. The first-order valence-electron chi connectivity index (χ1n) is 16.1. The summed E-state index contributed by atoms with van der Waals surface area (Å²) in [5, 5.41) is 4.54.